The van der Waals surface area contributed by atoms with Crippen LogP contribution in [0.3, 0.4) is 0 Å². The molecular weight excluding hydrogens is 645 g/mol. The maximum absolute atomic E-state index is 6.69. The number of rotatable bonds is 2. The molecule has 0 amide bonds. The van der Waals surface area contributed by atoms with Gasteiger partial charge in [-0.25, -0.2) is 0 Å². The standard InChI is InChI=1S/C51H32O2/c1-51(2)41-17-9-7-11-31(41)40-27-29(20-24-42(40)51)47-32-12-3-5-14-34(32)48(35-15-6-4-13-33(35)47)30-19-21-39-46(28-30)53-45-26-23-36-37(50(39)45)22-25-44-49(36)38-16-8-10-18-43(38)52-44/h3-28H,1-2H3. The number of benzene rings is 9. The zero-order chi connectivity index (χ0) is 35.0. The van der Waals surface area contributed by atoms with E-state index in [0.717, 1.165) is 49.4 Å². The van der Waals surface area contributed by atoms with Crippen LogP contribution >= 0.6 is 0 Å². The van der Waals surface area contributed by atoms with Gasteiger partial charge < -0.3 is 8.83 Å². The predicted octanol–water partition coefficient (Wildman–Crippen LogP) is 14.6. The number of fused-ring (bicyclic) bond motifs is 14. The number of hydrogen-bond acceptors (Lipinski definition) is 2. The lowest BCUT2D eigenvalue weighted by molar-refractivity contribution is 0.660. The molecule has 0 saturated carbocycles. The van der Waals surface area contributed by atoms with Crippen LogP contribution in [0, 0.1) is 0 Å². The first-order valence-electron chi connectivity index (χ1n) is 18.4. The van der Waals surface area contributed by atoms with Crippen LogP contribution in [0.25, 0.3) is 110 Å². The second-order valence-corrected chi connectivity index (χ2v) is 15.2. The van der Waals surface area contributed by atoms with Gasteiger partial charge in [-0.2, -0.15) is 0 Å². The maximum atomic E-state index is 6.69. The maximum Gasteiger partial charge on any atom is 0.136 e. The van der Waals surface area contributed by atoms with E-state index >= 15 is 0 Å². The molecule has 0 aliphatic heterocycles. The summed E-state index contributed by atoms with van der Waals surface area (Å²) in [6, 6.07) is 57.5. The van der Waals surface area contributed by atoms with Crippen LogP contribution in [0.1, 0.15) is 25.0 Å². The monoisotopic (exact) mass is 676 g/mol. The molecule has 2 aromatic heterocycles. The van der Waals surface area contributed by atoms with E-state index in [4.69, 9.17) is 8.83 Å². The van der Waals surface area contributed by atoms with Crippen molar-refractivity contribution in [3.63, 3.8) is 0 Å². The third-order valence-corrected chi connectivity index (χ3v) is 12.1. The van der Waals surface area contributed by atoms with Gasteiger partial charge in [-0.15, -0.1) is 0 Å². The van der Waals surface area contributed by atoms with Crippen LogP contribution in [0.5, 0.6) is 0 Å². The molecule has 0 spiro atoms. The fourth-order valence-electron chi connectivity index (χ4n) is 9.69. The highest BCUT2D eigenvalue weighted by Crippen LogP contribution is 2.51. The highest BCUT2D eigenvalue weighted by molar-refractivity contribution is 6.28. The minimum absolute atomic E-state index is 0.0279. The third-order valence-electron chi connectivity index (χ3n) is 12.1. The minimum atomic E-state index is -0.0279. The van der Waals surface area contributed by atoms with E-state index in [9.17, 15) is 0 Å². The third kappa shape index (κ3) is 3.82. The molecule has 0 fully saturated rings. The Balaban J connectivity index is 1.09. The van der Waals surface area contributed by atoms with Gasteiger partial charge in [-0.1, -0.05) is 123 Å². The molecule has 1 aliphatic rings. The van der Waals surface area contributed by atoms with Gasteiger partial charge in [0.05, 0.1) is 0 Å². The van der Waals surface area contributed by atoms with Crippen LogP contribution < -0.4 is 0 Å². The van der Waals surface area contributed by atoms with Gasteiger partial charge >= 0.3 is 0 Å². The number of furan rings is 2. The molecule has 0 N–H and O–H groups in total. The fraction of sp³-hybridized carbons (Fsp3) is 0.0588. The van der Waals surface area contributed by atoms with Crippen molar-refractivity contribution in [3.05, 3.63) is 169 Å². The molecule has 9 aromatic carbocycles. The largest absolute Gasteiger partial charge is 0.456 e. The molecule has 1 aliphatic carbocycles. The molecule has 0 saturated heterocycles. The summed E-state index contributed by atoms with van der Waals surface area (Å²) in [6.45, 7) is 4.69. The van der Waals surface area contributed by atoms with E-state index in [1.54, 1.807) is 0 Å². The molecule has 2 heterocycles. The summed E-state index contributed by atoms with van der Waals surface area (Å²) in [7, 11) is 0. The Morgan fingerprint density at radius 3 is 1.47 bits per heavy atom. The lowest BCUT2D eigenvalue weighted by atomic mass is 9.81. The van der Waals surface area contributed by atoms with Gasteiger partial charge in [0, 0.05) is 27.0 Å². The van der Waals surface area contributed by atoms with Crippen LogP contribution in [0.2, 0.25) is 0 Å². The molecule has 2 heteroatoms. The van der Waals surface area contributed by atoms with Crippen molar-refractivity contribution in [1.29, 1.82) is 0 Å². The molecule has 53 heavy (non-hydrogen) atoms. The quantitative estimate of drug-likeness (QED) is 0.170. The van der Waals surface area contributed by atoms with E-state index in [0.29, 0.717) is 0 Å². The average molecular weight is 677 g/mol. The van der Waals surface area contributed by atoms with E-state index in [1.807, 2.05) is 12.1 Å². The highest BCUT2D eigenvalue weighted by atomic mass is 16.3. The Hall–Kier alpha value is -6.64. The van der Waals surface area contributed by atoms with Crippen molar-refractivity contribution in [2.75, 3.05) is 0 Å². The second kappa shape index (κ2) is 10.2. The minimum Gasteiger partial charge on any atom is -0.456 e. The summed E-state index contributed by atoms with van der Waals surface area (Å²) in [5, 5.41) is 11.9. The van der Waals surface area contributed by atoms with Crippen LogP contribution in [0.15, 0.2) is 167 Å². The molecule has 0 bridgehead atoms. The highest BCUT2D eigenvalue weighted by Gasteiger charge is 2.35. The molecule has 0 unspecified atom stereocenters. The number of hydrogen-bond donors (Lipinski definition) is 0. The molecule has 12 rings (SSSR count). The van der Waals surface area contributed by atoms with Gasteiger partial charge in [0.25, 0.3) is 0 Å². The van der Waals surface area contributed by atoms with Gasteiger partial charge in [0.1, 0.15) is 22.3 Å². The lowest BCUT2D eigenvalue weighted by Gasteiger charge is -2.22. The predicted molar refractivity (Wildman–Crippen MR) is 222 cm³/mol. The average Bonchev–Trinajstić information content (AvgIpc) is 3.84. The van der Waals surface area contributed by atoms with Crippen molar-refractivity contribution in [1.82, 2.24) is 0 Å². The van der Waals surface area contributed by atoms with Crippen molar-refractivity contribution < 1.29 is 8.83 Å². The summed E-state index contributed by atoms with van der Waals surface area (Å²) in [5.74, 6) is 0. The zero-order valence-corrected chi connectivity index (χ0v) is 29.3. The zero-order valence-electron chi connectivity index (χ0n) is 29.3. The summed E-state index contributed by atoms with van der Waals surface area (Å²) < 4.78 is 12.9. The van der Waals surface area contributed by atoms with E-state index in [2.05, 4.69) is 159 Å². The Morgan fingerprint density at radius 2 is 0.811 bits per heavy atom. The Bertz CT molecular complexity index is 3310. The van der Waals surface area contributed by atoms with Crippen LogP contribution in [-0.4, -0.2) is 0 Å². The Labute approximate surface area is 305 Å². The van der Waals surface area contributed by atoms with Crippen LogP contribution in [-0.2, 0) is 5.41 Å². The lowest BCUT2D eigenvalue weighted by Crippen LogP contribution is -2.14. The Morgan fingerprint density at radius 1 is 0.340 bits per heavy atom. The molecule has 0 radical (unpaired) electrons. The first-order chi connectivity index (χ1) is 26.0. The van der Waals surface area contributed by atoms with Crippen molar-refractivity contribution in [2.24, 2.45) is 0 Å². The normalized spacial score (nSPS) is 13.6. The van der Waals surface area contributed by atoms with Gasteiger partial charge in [0.15, 0.2) is 0 Å². The SMILES string of the molecule is CC1(C)c2ccccc2-c2cc(-c3c4ccccc4c(-c4ccc5c(c4)oc4ccc6c(ccc7oc8ccccc8c76)c45)c4ccccc34)ccc21. The second-order valence-electron chi connectivity index (χ2n) is 15.2. The smallest absolute Gasteiger partial charge is 0.136 e. The summed E-state index contributed by atoms with van der Waals surface area (Å²) >= 11 is 0. The Kier molecular flexibility index (Phi) is 5.60. The van der Waals surface area contributed by atoms with E-state index in [1.165, 1.54) is 71.3 Å². The van der Waals surface area contributed by atoms with Crippen molar-refractivity contribution >= 4 is 76.2 Å². The molecule has 248 valence electrons. The topological polar surface area (TPSA) is 26.3 Å². The summed E-state index contributed by atoms with van der Waals surface area (Å²) in [5.41, 5.74) is 13.9. The van der Waals surface area contributed by atoms with Gasteiger partial charge in [-0.3, -0.25) is 0 Å². The van der Waals surface area contributed by atoms with Gasteiger partial charge in [-0.05, 0) is 125 Å². The van der Waals surface area contributed by atoms with E-state index in [-0.39, 0.29) is 5.41 Å². The van der Waals surface area contributed by atoms with Crippen LogP contribution in [0.4, 0.5) is 0 Å². The molecular formula is C51H32O2. The summed E-state index contributed by atoms with van der Waals surface area (Å²) in [6.07, 6.45) is 0. The molecule has 0 atom stereocenters. The number of para-hydroxylation sites is 1. The van der Waals surface area contributed by atoms with Gasteiger partial charge in [0.2, 0.25) is 0 Å². The van der Waals surface area contributed by atoms with Crippen molar-refractivity contribution in [2.45, 2.75) is 19.3 Å². The van der Waals surface area contributed by atoms with Crippen molar-refractivity contribution in [3.8, 4) is 33.4 Å². The first-order valence-corrected chi connectivity index (χ1v) is 18.4. The van der Waals surface area contributed by atoms with E-state index < -0.39 is 0 Å². The summed E-state index contributed by atoms with van der Waals surface area (Å²) in [4.78, 5) is 0. The molecule has 2 nitrogen and oxygen atoms in total. The molecule has 11 aromatic rings. The first kappa shape index (κ1) is 29.0. The fourth-order valence-corrected chi connectivity index (χ4v) is 9.69.